The monoisotopic (exact) mass is 427 g/mol. The topological polar surface area (TPSA) is 70.2 Å². The Morgan fingerprint density at radius 2 is 1.84 bits per heavy atom. The second kappa shape index (κ2) is 8.26. The zero-order valence-corrected chi connectivity index (χ0v) is 18.7. The molecule has 5 rings (SSSR count). The normalized spacial score (nSPS) is 16.2. The van der Waals surface area contributed by atoms with E-state index < -0.39 is 0 Å². The minimum atomic E-state index is -0.0180. The molecule has 6 heteroatoms. The second-order valence-corrected chi connectivity index (χ2v) is 8.79. The summed E-state index contributed by atoms with van der Waals surface area (Å²) < 4.78 is 0. The molecule has 0 atom stereocenters. The molecule has 0 saturated carbocycles. The molecule has 1 aromatic heterocycles. The number of carbonyl (C=O) groups is 1. The number of fused-ring (bicyclic) bond motifs is 4. The minimum absolute atomic E-state index is 0.0180. The number of amides is 2. The van der Waals surface area contributed by atoms with Crippen LogP contribution in [0.5, 0.6) is 0 Å². The van der Waals surface area contributed by atoms with Crippen molar-refractivity contribution in [3.05, 3.63) is 71.4 Å². The van der Waals surface area contributed by atoms with Gasteiger partial charge in [0.15, 0.2) is 0 Å². The molecule has 2 aromatic carbocycles. The number of rotatable bonds is 3. The average Bonchev–Trinajstić information content (AvgIpc) is 2.85. The maximum Gasteiger partial charge on any atom is 0.321 e. The zero-order chi connectivity index (χ0) is 22.1. The van der Waals surface area contributed by atoms with Gasteiger partial charge in [0.2, 0.25) is 5.95 Å². The van der Waals surface area contributed by atoms with Crippen LogP contribution in [0.15, 0.2) is 54.7 Å². The first-order chi connectivity index (χ1) is 15.6. The van der Waals surface area contributed by atoms with Gasteiger partial charge in [-0.1, -0.05) is 43.3 Å². The number of piperidine rings is 1. The number of carbonyl (C=O) groups excluding carboxylic acids is 1. The molecule has 1 fully saturated rings. The number of nitrogens with zero attached hydrogens (tertiary/aromatic N) is 3. The first-order valence-electron chi connectivity index (χ1n) is 11.4. The van der Waals surface area contributed by atoms with Crippen LogP contribution < -0.4 is 10.6 Å². The van der Waals surface area contributed by atoms with Crippen LogP contribution in [-0.2, 0) is 18.3 Å². The molecule has 1 aliphatic heterocycles. The van der Waals surface area contributed by atoms with Crippen molar-refractivity contribution in [2.45, 2.75) is 38.0 Å². The summed E-state index contributed by atoms with van der Waals surface area (Å²) in [5.41, 5.74) is 6.91. The molecule has 1 aliphatic carbocycles. The largest absolute Gasteiger partial charge is 0.357 e. The van der Waals surface area contributed by atoms with Gasteiger partial charge in [-0.05, 0) is 54.5 Å². The fourth-order valence-corrected chi connectivity index (χ4v) is 5.11. The molecule has 2 heterocycles. The van der Waals surface area contributed by atoms with Crippen molar-refractivity contribution >= 4 is 17.7 Å². The van der Waals surface area contributed by atoms with Crippen molar-refractivity contribution in [1.29, 1.82) is 0 Å². The lowest BCUT2D eigenvalue weighted by Crippen LogP contribution is -2.48. The van der Waals surface area contributed by atoms with Crippen molar-refractivity contribution in [2.75, 3.05) is 30.8 Å². The van der Waals surface area contributed by atoms with E-state index in [-0.39, 0.29) is 11.4 Å². The lowest BCUT2D eigenvalue weighted by Gasteiger charge is -2.45. The minimum Gasteiger partial charge on any atom is -0.357 e. The SMILES string of the molecule is CCc1ccc(NC(=O)N2CCC3(CC2)Cc2cnc(NC)nc2-c2ccccc23)cc1. The average molecular weight is 428 g/mol. The van der Waals surface area contributed by atoms with Crippen molar-refractivity contribution in [3.63, 3.8) is 0 Å². The highest BCUT2D eigenvalue weighted by atomic mass is 16.2. The number of hydrogen-bond acceptors (Lipinski definition) is 4. The Balaban J connectivity index is 1.34. The molecule has 32 heavy (non-hydrogen) atoms. The van der Waals surface area contributed by atoms with E-state index in [1.807, 2.05) is 30.3 Å². The van der Waals surface area contributed by atoms with Crippen LogP contribution in [0.25, 0.3) is 11.3 Å². The molecule has 1 spiro atoms. The smallest absolute Gasteiger partial charge is 0.321 e. The van der Waals surface area contributed by atoms with Gasteiger partial charge >= 0.3 is 6.03 Å². The van der Waals surface area contributed by atoms with Crippen LogP contribution in [-0.4, -0.2) is 41.0 Å². The van der Waals surface area contributed by atoms with Crippen molar-refractivity contribution < 1.29 is 4.79 Å². The number of nitrogens with one attached hydrogen (secondary N) is 2. The first-order valence-corrected chi connectivity index (χ1v) is 11.4. The highest BCUT2D eigenvalue weighted by Gasteiger charge is 2.42. The summed E-state index contributed by atoms with van der Waals surface area (Å²) in [6.07, 6.45) is 5.73. The number of aryl methyl sites for hydroxylation is 1. The summed E-state index contributed by atoms with van der Waals surface area (Å²) in [5, 5.41) is 6.11. The molecule has 2 amide bonds. The third kappa shape index (κ3) is 3.60. The van der Waals surface area contributed by atoms with Gasteiger partial charge in [-0.15, -0.1) is 0 Å². The Morgan fingerprint density at radius 3 is 2.56 bits per heavy atom. The van der Waals surface area contributed by atoms with E-state index in [1.54, 1.807) is 0 Å². The van der Waals surface area contributed by atoms with Crippen LogP contribution in [0.1, 0.15) is 36.5 Å². The maximum absolute atomic E-state index is 12.9. The summed E-state index contributed by atoms with van der Waals surface area (Å²) in [4.78, 5) is 24.1. The number of hydrogen-bond donors (Lipinski definition) is 2. The summed E-state index contributed by atoms with van der Waals surface area (Å²) in [6.45, 7) is 3.60. The van der Waals surface area contributed by atoms with Gasteiger partial charge in [0.05, 0.1) is 5.69 Å². The van der Waals surface area contributed by atoms with E-state index in [2.05, 4.69) is 58.9 Å². The summed E-state index contributed by atoms with van der Waals surface area (Å²) in [5.74, 6) is 0.646. The molecule has 0 bridgehead atoms. The molecule has 2 N–H and O–H groups in total. The lowest BCUT2D eigenvalue weighted by atomic mass is 9.64. The highest BCUT2D eigenvalue weighted by molar-refractivity contribution is 5.89. The predicted octanol–water partition coefficient (Wildman–Crippen LogP) is 4.87. The first kappa shape index (κ1) is 20.5. The van der Waals surface area contributed by atoms with Gasteiger partial charge in [0.25, 0.3) is 0 Å². The van der Waals surface area contributed by atoms with Gasteiger partial charge in [-0.3, -0.25) is 0 Å². The maximum atomic E-state index is 12.9. The van der Waals surface area contributed by atoms with Crippen LogP contribution in [0.3, 0.4) is 0 Å². The standard InChI is InChI=1S/C26H29N5O/c1-3-18-8-10-20(11-9-18)29-25(32)31-14-12-26(13-15-31)16-19-17-28-24(27-2)30-23(19)21-6-4-5-7-22(21)26/h4-11,17H,3,12-16H2,1-2H3,(H,29,32)(H,27,28,30). The van der Waals surface area contributed by atoms with Crippen molar-refractivity contribution in [2.24, 2.45) is 0 Å². The third-order valence-electron chi connectivity index (χ3n) is 6.99. The van der Waals surface area contributed by atoms with Crippen molar-refractivity contribution in [1.82, 2.24) is 14.9 Å². The number of likely N-dealkylation sites (tertiary alicyclic amines) is 1. The Hall–Kier alpha value is -3.41. The van der Waals surface area contributed by atoms with E-state index >= 15 is 0 Å². The number of urea groups is 1. The molecular weight excluding hydrogens is 398 g/mol. The Labute approximate surface area is 189 Å². The quantitative estimate of drug-likeness (QED) is 0.626. The van der Waals surface area contributed by atoms with Gasteiger partial charge in [0.1, 0.15) is 0 Å². The Morgan fingerprint density at radius 1 is 1.09 bits per heavy atom. The van der Waals surface area contributed by atoms with Gasteiger partial charge < -0.3 is 15.5 Å². The molecule has 6 nitrogen and oxygen atoms in total. The number of anilines is 2. The number of aromatic nitrogens is 2. The van der Waals surface area contributed by atoms with E-state index in [9.17, 15) is 4.79 Å². The van der Waals surface area contributed by atoms with Gasteiger partial charge in [0, 0.05) is 43.0 Å². The van der Waals surface area contributed by atoms with Crippen LogP contribution in [0.4, 0.5) is 16.4 Å². The fraction of sp³-hybridized carbons (Fsp3) is 0.346. The molecule has 164 valence electrons. The summed E-state index contributed by atoms with van der Waals surface area (Å²) >= 11 is 0. The molecule has 0 unspecified atom stereocenters. The van der Waals surface area contributed by atoms with E-state index in [0.717, 1.165) is 50.2 Å². The number of benzene rings is 2. The predicted molar refractivity (Wildman–Crippen MR) is 128 cm³/mol. The molecular formula is C26H29N5O. The summed E-state index contributed by atoms with van der Waals surface area (Å²) in [7, 11) is 1.84. The lowest BCUT2D eigenvalue weighted by molar-refractivity contribution is 0.166. The van der Waals surface area contributed by atoms with Gasteiger partial charge in [-0.2, -0.15) is 0 Å². The van der Waals surface area contributed by atoms with Crippen molar-refractivity contribution in [3.8, 4) is 11.3 Å². The van der Waals surface area contributed by atoms with E-state index in [0.29, 0.717) is 5.95 Å². The van der Waals surface area contributed by atoms with Crippen LogP contribution >= 0.6 is 0 Å². The summed E-state index contributed by atoms with van der Waals surface area (Å²) in [6, 6.07) is 16.7. The van der Waals surface area contributed by atoms with Crippen LogP contribution in [0, 0.1) is 0 Å². The zero-order valence-electron chi connectivity index (χ0n) is 18.7. The highest BCUT2D eigenvalue weighted by Crippen LogP contribution is 2.47. The Kier molecular flexibility index (Phi) is 5.29. The van der Waals surface area contributed by atoms with Gasteiger partial charge in [-0.25, -0.2) is 14.8 Å². The third-order valence-corrected chi connectivity index (χ3v) is 6.99. The Bertz CT molecular complexity index is 1130. The molecule has 2 aliphatic rings. The van der Waals surface area contributed by atoms with Crippen LogP contribution in [0.2, 0.25) is 0 Å². The van der Waals surface area contributed by atoms with E-state index in [1.165, 1.54) is 22.3 Å². The second-order valence-electron chi connectivity index (χ2n) is 8.79. The molecule has 3 aromatic rings. The molecule has 0 radical (unpaired) electrons. The fourth-order valence-electron chi connectivity index (χ4n) is 5.11. The molecule has 1 saturated heterocycles. The van der Waals surface area contributed by atoms with E-state index in [4.69, 9.17) is 4.98 Å².